The fourth-order valence-electron chi connectivity index (χ4n) is 1.97. The van der Waals surface area contributed by atoms with Gasteiger partial charge in [-0.2, -0.15) is 0 Å². The van der Waals surface area contributed by atoms with Crippen molar-refractivity contribution in [1.29, 1.82) is 0 Å². The molecule has 15 heavy (non-hydrogen) atoms. The quantitative estimate of drug-likeness (QED) is 0.406. The van der Waals surface area contributed by atoms with Crippen LogP contribution in [0.1, 0.15) is 6.42 Å². The lowest BCUT2D eigenvalue weighted by atomic mass is 10.2. The van der Waals surface area contributed by atoms with Crippen LogP contribution in [-0.4, -0.2) is 77.5 Å². The summed E-state index contributed by atoms with van der Waals surface area (Å²) in [5.41, 5.74) is 0. The first-order chi connectivity index (χ1) is 7.33. The first-order valence-corrected chi connectivity index (χ1v) is 5.35. The van der Waals surface area contributed by atoms with Gasteiger partial charge in [-0.25, -0.2) is 0 Å². The summed E-state index contributed by atoms with van der Waals surface area (Å²) >= 11 is 0. The van der Waals surface area contributed by atoms with Gasteiger partial charge in [0.25, 0.3) is 0 Å². The van der Waals surface area contributed by atoms with Gasteiger partial charge < -0.3 is 15.3 Å². The SMILES string of the molecule is OCCC1N(CCO)CNCN1CCO. The Morgan fingerprint density at radius 3 is 1.87 bits per heavy atom. The maximum Gasteiger partial charge on any atom is 0.0667 e. The molecule has 1 heterocycles. The molecule has 0 spiro atoms. The third kappa shape index (κ3) is 3.67. The van der Waals surface area contributed by atoms with Crippen molar-refractivity contribution in [2.75, 3.05) is 46.2 Å². The molecule has 0 aromatic rings. The summed E-state index contributed by atoms with van der Waals surface area (Å²) in [5, 5.41) is 30.0. The summed E-state index contributed by atoms with van der Waals surface area (Å²) in [4.78, 5) is 4.13. The van der Waals surface area contributed by atoms with Gasteiger partial charge in [-0.3, -0.25) is 15.1 Å². The van der Waals surface area contributed by atoms with Crippen LogP contribution in [0.3, 0.4) is 0 Å². The Balaban J connectivity index is 2.53. The van der Waals surface area contributed by atoms with Crippen molar-refractivity contribution in [2.24, 2.45) is 0 Å². The number of aliphatic hydroxyl groups excluding tert-OH is 3. The van der Waals surface area contributed by atoms with Crippen LogP contribution >= 0.6 is 0 Å². The lowest BCUT2D eigenvalue weighted by Gasteiger charge is -2.43. The molecule has 0 bridgehead atoms. The van der Waals surface area contributed by atoms with Gasteiger partial charge in [0.2, 0.25) is 0 Å². The first kappa shape index (κ1) is 12.8. The topological polar surface area (TPSA) is 79.2 Å². The minimum Gasteiger partial charge on any atom is -0.396 e. The van der Waals surface area contributed by atoms with Gasteiger partial charge in [0.05, 0.1) is 32.7 Å². The third-order valence-electron chi connectivity index (χ3n) is 2.63. The number of nitrogens with one attached hydrogen (secondary N) is 1. The molecule has 0 atom stereocenters. The molecule has 90 valence electrons. The average molecular weight is 219 g/mol. The summed E-state index contributed by atoms with van der Waals surface area (Å²) in [6, 6.07) is 0. The summed E-state index contributed by atoms with van der Waals surface area (Å²) in [6.07, 6.45) is 0.748. The Morgan fingerprint density at radius 2 is 1.47 bits per heavy atom. The van der Waals surface area contributed by atoms with Crippen LogP contribution in [0.25, 0.3) is 0 Å². The van der Waals surface area contributed by atoms with E-state index in [9.17, 15) is 0 Å². The molecule has 0 amide bonds. The predicted molar refractivity (Wildman–Crippen MR) is 55.9 cm³/mol. The van der Waals surface area contributed by atoms with Crippen LogP contribution in [0, 0.1) is 0 Å². The van der Waals surface area contributed by atoms with E-state index in [4.69, 9.17) is 15.3 Å². The van der Waals surface area contributed by atoms with Gasteiger partial charge in [0, 0.05) is 19.7 Å². The molecule has 1 aliphatic heterocycles. The summed E-state index contributed by atoms with van der Waals surface area (Å²) in [6.45, 7) is 2.93. The molecule has 1 aliphatic rings. The molecule has 4 N–H and O–H groups in total. The fraction of sp³-hybridized carbons (Fsp3) is 1.00. The second-order valence-corrected chi connectivity index (χ2v) is 3.63. The number of nitrogens with zero attached hydrogens (tertiary/aromatic N) is 2. The highest BCUT2D eigenvalue weighted by Gasteiger charge is 2.27. The molecule has 0 aromatic heterocycles. The normalized spacial score (nSPS) is 21.0. The number of aliphatic hydroxyl groups is 3. The lowest BCUT2D eigenvalue weighted by Crippen LogP contribution is -2.61. The number of rotatable bonds is 6. The van der Waals surface area contributed by atoms with E-state index in [0.29, 0.717) is 32.8 Å². The van der Waals surface area contributed by atoms with Crippen molar-refractivity contribution < 1.29 is 15.3 Å². The van der Waals surface area contributed by atoms with Gasteiger partial charge in [0.15, 0.2) is 0 Å². The van der Waals surface area contributed by atoms with E-state index in [1.807, 2.05) is 0 Å². The van der Waals surface area contributed by atoms with Gasteiger partial charge >= 0.3 is 0 Å². The van der Waals surface area contributed by atoms with Gasteiger partial charge in [-0.15, -0.1) is 0 Å². The van der Waals surface area contributed by atoms with E-state index in [1.54, 1.807) is 0 Å². The Labute approximate surface area is 90.1 Å². The molecule has 0 aliphatic carbocycles. The second-order valence-electron chi connectivity index (χ2n) is 3.63. The molecular formula is C9H21N3O3. The molecule has 1 fully saturated rings. The van der Waals surface area contributed by atoms with Crippen LogP contribution in [0.2, 0.25) is 0 Å². The van der Waals surface area contributed by atoms with Crippen LogP contribution in [0.15, 0.2) is 0 Å². The van der Waals surface area contributed by atoms with E-state index >= 15 is 0 Å². The first-order valence-electron chi connectivity index (χ1n) is 5.35. The Bertz CT molecular complexity index is 153. The summed E-state index contributed by atoms with van der Waals surface area (Å²) < 4.78 is 0. The van der Waals surface area contributed by atoms with E-state index in [1.165, 1.54) is 0 Å². The number of β-amino-alcohol motifs (C(OH)–C–C–N with tert-alkyl or cyclic N) is 2. The van der Waals surface area contributed by atoms with Crippen molar-refractivity contribution in [3.8, 4) is 0 Å². The molecule has 1 saturated heterocycles. The van der Waals surface area contributed by atoms with E-state index in [-0.39, 0.29) is 26.0 Å². The summed E-state index contributed by atoms with van der Waals surface area (Å²) in [5.74, 6) is 0. The molecule has 6 heteroatoms. The average Bonchev–Trinajstić information content (AvgIpc) is 2.23. The smallest absolute Gasteiger partial charge is 0.0667 e. The molecule has 0 aromatic carbocycles. The van der Waals surface area contributed by atoms with E-state index < -0.39 is 0 Å². The molecule has 1 rings (SSSR count). The monoisotopic (exact) mass is 219 g/mol. The Hall–Kier alpha value is -0.240. The standard InChI is InChI=1S/C9H21N3O3/c13-4-1-9-11(2-5-14)7-10-8-12(9)3-6-15/h9-10,13-15H,1-8H2. The highest BCUT2D eigenvalue weighted by Crippen LogP contribution is 2.11. The van der Waals surface area contributed by atoms with Crippen LogP contribution in [-0.2, 0) is 0 Å². The summed E-state index contributed by atoms with van der Waals surface area (Å²) in [7, 11) is 0. The van der Waals surface area contributed by atoms with Gasteiger partial charge in [-0.05, 0) is 6.42 Å². The molecular weight excluding hydrogens is 198 g/mol. The van der Waals surface area contributed by atoms with Gasteiger partial charge in [0.1, 0.15) is 0 Å². The minimum atomic E-state index is 0.107. The maximum absolute atomic E-state index is 8.99. The number of hydrogen-bond acceptors (Lipinski definition) is 6. The van der Waals surface area contributed by atoms with E-state index in [2.05, 4.69) is 15.1 Å². The van der Waals surface area contributed by atoms with Crippen molar-refractivity contribution in [3.05, 3.63) is 0 Å². The van der Waals surface area contributed by atoms with Crippen molar-refractivity contribution >= 4 is 0 Å². The lowest BCUT2D eigenvalue weighted by molar-refractivity contribution is -0.0372. The zero-order valence-electron chi connectivity index (χ0n) is 8.97. The second kappa shape index (κ2) is 7.10. The van der Waals surface area contributed by atoms with Crippen LogP contribution in [0.5, 0.6) is 0 Å². The maximum atomic E-state index is 8.99. The molecule has 0 saturated carbocycles. The minimum absolute atomic E-state index is 0.107. The Morgan fingerprint density at radius 1 is 0.933 bits per heavy atom. The van der Waals surface area contributed by atoms with E-state index in [0.717, 1.165) is 0 Å². The van der Waals surface area contributed by atoms with Crippen molar-refractivity contribution in [3.63, 3.8) is 0 Å². The highest BCUT2D eigenvalue weighted by molar-refractivity contribution is 4.76. The zero-order valence-corrected chi connectivity index (χ0v) is 8.97. The molecule has 0 unspecified atom stereocenters. The molecule has 6 nitrogen and oxygen atoms in total. The number of hydrogen-bond donors (Lipinski definition) is 4. The Kier molecular flexibility index (Phi) is 6.07. The largest absolute Gasteiger partial charge is 0.396 e. The highest BCUT2D eigenvalue weighted by atomic mass is 16.3. The van der Waals surface area contributed by atoms with Crippen molar-refractivity contribution in [2.45, 2.75) is 12.6 Å². The predicted octanol–water partition coefficient (Wildman–Crippen LogP) is -2.20. The van der Waals surface area contributed by atoms with Crippen LogP contribution in [0.4, 0.5) is 0 Å². The fourth-order valence-corrected chi connectivity index (χ4v) is 1.97. The third-order valence-corrected chi connectivity index (χ3v) is 2.63. The molecule has 0 radical (unpaired) electrons. The van der Waals surface area contributed by atoms with Crippen LogP contribution < -0.4 is 5.32 Å². The van der Waals surface area contributed by atoms with Crippen molar-refractivity contribution in [1.82, 2.24) is 15.1 Å². The zero-order chi connectivity index (χ0) is 11.1. The van der Waals surface area contributed by atoms with Gasteiger partial charge in [-0.1, -0.05) is 0 Å².